The van der Waals surface area contributed by atoms with Crippen LogP contribution >= 0.6 is 22.6 Å². The van der Waals surface area contributed by atoms with Gasteiger partial charge in [0.05, 0.1) is 18.9 Å². The first kappa shape index (κ1) is 20.6. The first-order valence-electron chi connectivity index (χ1n) is 9.88. The van der Waals surface area contributed by atoms with Gasteiger partial charge in [-0.25, -0.2) is 18.9 Å². The van der Waals surface area contributed by atoms with Crippen LogP contribution in [0.15, 0.2) is 55.0 Å². The number of aromatic nitrogens is 4. The molecular formula is C22H18FIN6O2. The van der Waals surface area contributed by atoms with E-state index in [-0.39, 0.29) is 24.9 Å². The van der Waals surface area contributed by atoms with Gasteiger partial charge in [0.25, 0.3) is 5.91 Å². The number of rotatable bonds is 1. The molecule has 4 aromatic rings. The molecular weight excluding hydrogens is 526 g/mol. The maximum atomic E-state index is 14.0. The Morgan fingerprint density at radius 2 is 2.00 bits per heavy atom. The van der Waals surface area contributed by atoms with Crippen LogP contribution in [0.5, 0.6) is 5.88 Å². The second kappa shape index (κ2) is 8.01. The third-order valence-corrected chi connectivity index (χ3v) is 5.64. The third-order valence-electron chi connectivity index (χ3n) is 5.04. The average molecular weight is 544 g/mol. The minimum Gasteiger partial charge on any atom is -0.459 e. The van der Waals surface area contributed by atoms with Crippen molar-refractivity contribution in [3.05, 3.63) is 71.9 Å². The van der Waals surface area contributed by atoms with E-state index >= 15 is 0 Å². The molecule has 8 nitrogen and oxygen atoms in total. The van der Waals surface area contributed by atoms with Crippen molar-refractivity contribution in [1.29, 1.82) is 0 Å². The normalized spacial score (nSPS) is 18.5. The third kappa shape index (κ3) is 3.97. The molecule has 1 aliphatic rings. The molecule has 1 aromatic carbocycles. The monoisotopic (exact) mass is 544 g/mol. The summed E-state index contributed by atoms with van der Waals surface area (Å²) < 4.78 is 20.8. The Morgan fingerprint density at radius 3 is 2.81 bits per heavy atom. The zero-order valence-electron chi connectivity index (χ0n) is 17.0. The van der Waals surface area contributed by atoms with Crippen molar-refractivity contribution in [1.82, 2.24) is 24.9 Å². The lowest BCUT2D eigenvalue weighted by atomic mass is 10.1. The lowest BCUT2D eigenvalue weighted by Crippen LogP contribution is -2.40. The Hall–Kier alpha value is -3.28. The fourth-order valence-electron chi connectivity index (χ4n) is 3.47. The maximum Gasteiger partial charge on any atom is 0.256 e. The van der Waals surface area contributed by atoms with Crippen molar-refractivity contribution >= 4 is 40.0 Å². The van der Waals surface area contributed by atoms with E-state index < -0.39 is 9.43 Å². The molecule has 2 bridgehead atoms. The van der Waals surface area contributed by atoms with E-state index in [0.717, 1.165) is 17.3 Å². The summed E-state index contributed by atoms with van der Waals surface area (Å²) in [5.41, 5.74) is 3.00. The van der Waals surface area contributed by atoms with Crippen molar-refractivity contribution in [3.63, 3.8) is 0 Å². The van der Waals surface area contributed by atoms with Crippen LogP contribution < -0.4 is 15.4 Å². The number of benzene rings is 1. The Morgan fingerprint density at radius 1 is 1.19 bits per heavy atom. The van der Waals surface area contributed by atoms with Gasteiger partial charge in [-0.3, -0.25) is 4.79 Å². The topological polar surface area (TPSA) is 93.4 Å². The number of fused-ring (bicyclic) bond motifs is 2. The summed E-state index contributed by atoms with van der Waals surface area (Å²) in [6, 6.07) is 11.1. The Kier molecular flexibility index (Phi) is 5.16. The summed E-state index contributed by atoms with van der Waals surface area (Å²) in [5, 5.41) is 10.5. The average Bonchev–Trinajstić information content (AvgIpc) is 3.20. The largest absolute Gasteiger partial charge is 0.459 e. The van der Waals surface area contributed by atoms with Gasteiger partial charge in [0.1, 0.15) is 17.2 Å². The van der Waals surface area contributed by atoms with Gasteiger partial charge in [-0.1, -0.05) is 30.3 Å². The molecule has 0 unspecified atom stereocenters. The van der Waals surface area contributed by atoms with Crippen LogP contribution in [0.25, 0.3) is 16.8 Å². The minimum atomic E-state index is -0.811. The SMILES string of the molecule is C[C@]1(I)CNC(=O)c2cnn3cc(-c4ccccc4)c(nc23)NCc2cc(F)cnc2O1. The smallest absolute Gasteiger partial charge is 0.256 e. The number of amides is 1. The van der Waals surface area contributed by atoms with Crippen molar-refractivity contribution in [2.75, 3.05) is 11.9 Å². The molecule has 0 aliphatic carbocycles. The lowest BCUT2D eigenvalue weighted by Gasteiger charge is -2.25. The van der Waals surface area contributed by atoms with Gasteiger partial charge in [-0.2, -0.15) is 5.10 Å². The Balaban J connectivity index is 1.68. The fraction of sp³-hybridized carbons (Fsp3) is 0.182. The number of hydrogen-bond donors (Lipinski definition) is 2. The van der Waals surface area contributed by atoms with Gasteiger partial charge in [0, 0.05) is 23.9 Å². The summed E-state index contributed by atoms with van der Waals surface area (Å²) >= 11 is 2.09. The molecule has 5 rings (SSSR count). The predicted molar refractivity (Wildman–Crippen MR) is 125 cm³/mol. The first-order chi connectivity index (χ1) is 15.4. The van der Waals surface area contributed by atoms with E-state index in [1.54, 1.807) is 4.52 Å². The Bertz CT molecular complexity index is 1330. The fourth-order valence-corrected chi connectivity index (χ4v) is 3.87. The van der Waals surface area contributed by atoms with E-state index in [1.165, 1.54) is 12.3 Å². The van der Waals surface area contributed by atoms with Gasteiger partial charge >= 0.3 is 0 Å². The summed E-state index contributed by atoms with van der Waals surface area (Å²) in [7, 11) is 0. The van der Waals surface area contributed by atoms with Crippen LogP contribution in [0, 0.1) is 5.82 Å². The number of nitrogens with one attached hydrogen (secondary N) is 2. The van der Waals surface area contributed by atoms with Gasteiger partial charge in [-0.05, 0) is 41.1 Å². The van der Waals surface area contributed by atoms with Gasteiger partial charge in [-0.15, -0.1) is 0 Å². The molecule has 1 atom stereocenters. The minimum absolute atomic E-state index is 0.199. The second-order valence-electron chi connectivity index (χ2n) is 7.55. The highest BCUT2D eigenvalue weighted by Crippen LogP contribution is 2.31. The van der Waals surface area contributed by atoms with E-state index in [2.05, 4.69) is 43.3 Å². The van der Waals surface area contributed by atoms with Crippen molar-refractivity contribution in [2.45, 2.75) is 17.1 Å². The molecule has 0 radical (unpaired) electrons. The van der Waals surface area contributed by atoms with Crippen LogP contribution in [-0.4, -0.2) is 35.6 Å². The van der Waals surface area contributed by atoms with Crippen LogP contribution in [0.3, 0.4) is 0 Å². The van der Waals surface area contributed by atoms with Crippen molar-refractivity contribution < 1.29 is 13.9 Å². The molecule has 0 fully saturated rings. The zero-order valence-corrected chi connectivity index (χ0v) is 19.1. The summed E-state index contributed by atoms with van der Waals surface area (Å²) in [6.07, 6.45) is 4.42. The Labute approximate surface area is 196 Å². The van der Waals surface area contributed by atoms with Gasteiger partial charge < -0.3 is 15.4 Å². The highest BCUT2D eigenvalue weighted by atomic mass is 127. The summed E-state index contributed by atoms with van der Waals surface area (Å²) in [5.74, 6) is 0.0372. The number of ether oxygens (including phenoxy) is 1. The molecule has 0 spiro atoms. The zero-order chi connectivity index (χ0) is 22.3. The van der Waals surface area contributed by atoms with E-state index in [0.29, 0.717) is 22.6 Å². The van der Waals surface area contributed by atoms with E-state index in [9.17, 15) is 9.18 Å². The maximum absolute atomic E-state index is 14.0. The van der Waals surface area contributed by atoms with E-state index in [1.807, 2.05) is 43.5 Å². The number of carbonyl (C=O) groups excluding carboxylic acids is 1. The van der Waals surface area contributed by atoms with Crippen LogP contribution in [-0.2, 0) is 6.54 Å². The molecule has 0 saturated heterocycles. The quantitative estimate of drug-likeness (QED) is 0.280. The number of carbonyl (C=O) groups is 1. The highest BCUT2D eigenvalue weighted by molar-refractivity contribution is 14.1. The first-order valence-corrected chi connectivity index (χ1v) is 11.0. The summed E-state index contributed by atoms with van der Waals surface area (Å²) in [4.78, 5) is 21.7. The lowest BCUT2D eigenvalue weighted by molar-refractivity contribution is 0.0926. The molecule has 4 heterocycles. The molecule has 10 heteroatoms. The number of nitrogens with zero attached hydrogens (tertiary/aromatic N) is 4. The molecule has 32 heavy (non-hydrogen) atoms. The molecule has 0 saturated carbocycles. The molecule has 2 N–H and O–H groups in total. The van der Waals surface area contributed by atoms with E-state index in [4.69, 9.17) is 9.72 Å². The van der Waals surface area contributed by atoms with Crippen LogP contribution in [0.2, 0.25) is 0 Å². The second-order valence-corrected chi connectivity index (χ2v) is 9.84. The molecule has 162 valence electrons. The van der Waals surface area contributed by atoms with Gasteiger partial charge in [0.15, 0.2) is 9.25 Å². The van der Waals surface area contributed by atoms with Crippen molar-refractivity contribution in [2.24, 2.45) is 0 Å². The van der Waals surface area contributed by atoms with Crippen LogP contribution in [0.1, 0.15) is 22.8 Å². The standard InChI is InChI=1S/C22H18FIN6O2/c1-22(24)12-27-20(31)16-10-28-30-11-17(13-5-3-2-4-6-13)18(29-19(16)30)25-8-14-7-15(23)9-26-21(14)32-22/h2-7,9-11H,8,12H2,1H3,(H,25,29)(H,27,31)/t22-/m1/s1. The molecule has 1 amide bonds. The predicted octanol–water partition coefficient (Wildman–Crippen LogP) is 3.82. The summed E-state index contributed by atoms with van der Waals surface area (Å²) in [6.45, 7) is 2.24. The number of pyridine rings is 1. The highest BCUT2D eigenvalue weighted by Gasteiger charge is 2.27. The van der Waals surface area contributed by atoms with Crippen LogP contribution in [0.4, 0.5) is 10.2 Å². The number of anilines is 1. The van der Waals surface area contributed by atoms with Gasteiger partial charge in [0.2, 0.25) is 5.88 Å². The number of alkyl halides is 1. The number of hydrogen-bond acceptors (Lipinski definition) is 6. The van der Waals surface area contributed by atoms with Crippen molar-refractivity contribution in [3.8, 4) is 17.0 Å². The molecule has 3 aromatic heterocycles. The number of halogens is 2. The molecule has 1 aliphatic heterocycles.